The smallest absolute Gasteiger partial charge is 0.322 e. The van der Waals surface area contributed by atoms with E-state index in [4.69, 9.17) is 14.6 Å². The van der Waals surface area contributed by atoms with Crippen LogP contribution in [-0.4, -0.2) is 24.2 Å². The van der Waals surface area contributed by atoms with Crippen molar-refractivity contribution in [2.45, 2.75) is 27.7 Å². The fourth-order valence-corrected chi connectivity index (χ4v) is 4.72. The van der Waals surface area contributed by atoms with Gasteiger partial charge in [0.1, 0.15) is 12.4 Å². The van der Waals surface area contributed by atoms with Gasteiger partial charge in [0.15, 0.2) is 0 Å². The summed E-state index contributed by atoms with van der Waals surface area (Å²) in [5, 5.41) is 1.71. The molecule has 4 aromatic rings. The topological polar surface area (TPSA) is 37.3 Å². The first-order valence-corrected chi connectivity index (χ1v) is 13.0. The van der Waals surface area contributed by atoms with Crippen molar-refractivity contribution in [1.29, 1.82) is 0 Å². The van der Waals surface area contributed by atoms with Crippen LogP contribution in [0.1, 0.15) is 29.2 Å². The lowest BCUT2D eigenvalue weighted by atomic mass is 10.1. The Hall–Kier alpha value is -4.35. The summed E-state index contributed by atoms with van der Waals surface area (Å²) in [6, 6.07) is 34.0. The predicted molar refractivity (Wildman–Crippen MR) is 156 cm³/mol. The second-order valence-electron chi connectivity index (χ2n) is 9.42. The minimum atomic E-state index is 0.348. The van der Waals surface area contributed by atoms with Crippen molar-refractivity contribution in [2.24, 2.45) is 4.99 Å². The van der Waals surface area contributed by atoms with E-state index in [1.807, 2.05) is 25.1 Å². The first-order valence-electron chi connectivity index (χ1n) is 13.0. The third kappa shape index (κ3) is 5.63. The first kappa shape index (κ1) is 25.3. The Bertz CT molecular complexity index is 1380. The molecule has 0 N–H and O–H groups in total. The Morgan fingerprint density at radius 3 is 1.89 bits per heavy atom. The van der Waals surface area contributed by atoms with E-state index < -0.39 is 0 Å². The molecule has 4 aromatic carbocycles. The van der Waals surface area contributed by atoms with Crippen molar-refractivity contribution in [3.63, 3.8) is 0 Å². The third-order valence-electron chi connectivity index (χ3n) is 6.44. The van der Waals surface area contributed by atoms with Gasteiger partial charge in [-0.05, 0) is 86.9 Å². The van der Waals surface area contributed by atoms with Crippen LogP contribution in [0.4, 0.5) is 22.7 Å². The number of benzene rings is 4. The van der Waals surface area contributed by atoms with Crippen LogP contribution >= 0.6 is 0 Å². The van der Waals surface area contributed by atoms with E-state index in [9.17, 15) is 0 Å². The molecule has 1 saturated heterocycles. The normalized spacial score (nSPS) is 15.5. The molecule has 0 aromatic heterocycles. The van der Waals surface area contributed by atoms with Gasteiger partial charge in [0.05, 0.1) is 5.69 Å². The van der Waals surface area contributed by atoms with Crippen molar-refractivity contribution in [3.05, 3.63) is 125 Å². The number of amidine groups is 1. The minimum Gasteiger partial charge on any atom is -0.426 e. The fourth-order valence-electron chi connectivity index (χ4n) is 4.72. The van der Waals surface area contributed by atoms with E-state index in [0.717, 1.165) is 39.4 Å². The number of anilines is 3. The molecular weight excluding hydrogens is 470 g/mol. The molecule has 0 amide bonds. The summed E-state index contributed by atoms with van der Waals surface area (Å²) in [4.78, 5) is 13.1. The zero-order valence-corrected chi connectivity index (χ0v) is 22.4. The average molecular weight is 504 g/mol. The number of rotatable bonds is 6. The molecule has 0 unspecified atom stereocenters. The van der Waals surface area contributed by atoms with Gasteiger partial charge in [0.2, 0.25) is 0 Å². The summed E-state index contributed by atoms with van der Waals surface area (Å²) in [5.41, 5.74) is 8.69. The number of hydrogen-bond donors (Lipinski definition) is 0. The third-order valence-corrected chi connectivity index (χ3v) is 6.44. The van der Waals surface area contributed by atoms with Crippen LogP contribution in [0, 0.1) is 20.8 Å². The molecule has 1 heterocycles. The number of para-hydroxylation sites is 2. The molecule has 0 spiro atoms. The summed E-state index contributed by atoms with van der Waals surface area (Å²) in [6.07, 6.45) is 2.01. The summed E-state index contributed by atoms with van der Waals surface area (Å²) in [5.74, 6) is 0.714. The Morgan fingerprint density at radius 1 is 0.789 bits per heavy atom. The van der Waals surface area contributed by atoms with E-state index in [1.165, 1.54) is 5.56 Å². The molecule has 0 atom stereocenters. The van der Waals surface area contributed by atoms with E-state index in [-0.39, 0.29) is 0 Å². The fraction of sp³-hybridized carbons (Fsp3) is 0.182. The first-order chi connectivity index (χ1) is 18.5. The Morgan fingerprint density at radius 2 is 1.34 bits per heavy atom. The number of nitrogens with zero attached hydrogens (tertiary/aromatic N) is 3. The highest BCUT2D eigenvalue weighted by Crippen LogP contribution is 2.34. The number of hydroxylamine groups is 2. The molecule has 5 heteroatoms. The van der Waals surface area contributed by atoms with E-state index >= 15 is 0 Å². The number of aryl methyl sites for hydroxylation is 3. The number of aliphatic imine (C=N–C) groups is 1. The van der Waals surface area contributed by atoms with Gasteiger partial charge < -0.3 is 9.64 Å². The lowest BCUT2D eigenvalue weighted by molar-refractivity contribution is -0.130. The van der Waals surface area contributed by atoms with Gasteiger partial charge in [-0.25, -0.2) is 5.06 Å². The molecule has 5 rings (SSSR count). The maximum absolute atomic E-state index is 6.26. The highest BCUT2D eigenvalue weighted by molar-refractivity contribution is 5.80. The molecule has 192 valence electrons. The predicted octanol–water partition coefficient (Wildman–Crippen LogP) is 8.39. The average Bonchev–Trinajstić information content (AvgIpc) is 2.93. The van der Waals surface area contributed by atoms with Crippen molar-refractivity contribution >= 4 is 34.8 Å². The summed E-state index contributed by atoms with van der Waals surface area (Å²) in [7, 11) is 0. The van der Waals surface area contributed by atoms with Crippen molar-refractivity contribution < 1.29 is 9.57 Å². The van der Waals surface area contributed by atoms with Gasteiger partial charge >= 0.3 is 6.02 Å². The van der Waals surface area contributed by atoms with Crippen LogP contribution in [0.3, 0.4) is 0 Å². The van der Waals surface area contributed by atoms with Crippen molar-refractivity contribution in [1.82, 2.24) is 5.06 Å². The highest BCUT2D eigenvalue weighted by Gasteiger charge is 2.23. The molecule has 5 nitrogen and oxygen atoms in total. The molecule has 1 fully saturated rings. The van der Waals surface area contributed by atoms with Crippen molar-refractivity contribution in [3.8, 4) is 0 Å². The van der Waals surface area contributed by atoms with Gasteiger partial charge in [-0.15, -0.1) is 0 Å². The summed E-state index contributed by atoms with van der Waals surface area (Å²) >= 11 is 0. The number of hydrogen-bond acceptors (Lipinski definition) is 4. The van der Waals surface area contributed by atoms with Gasteiger partial charge in [-0.2, -0.15) is 4.99 Å². The minimum absolute atomic E-state index is 0.348. The Balaban J connectivity index is 1.42. The molecule has 0 bridgehead atoms. The zero-order valence-electron chi connectivity index (χ0n) is 22.4. The van der Waals surface area contributed by atoms with Crippen molar-refractivity contribution in [2.75, 3.05) is 18.1 Å². The number of ether oxygens (including phenoxy) is 1. The molecule has 0 aliphatic carbocycles. The maximum Gasteiger partial charge on any atom is 0.322 e. The molecule has 1 aliphatic rings. The van der Waals surface area contributed by atoms with Crippen LogP contribution in [-0.2, 0) is 9.57 Å². The molecule has 0 saturated carbocycles. The maximum atomic E-state index is 6.26. The Kier molecular flexibility index (Phi) is 7.57. The van der Waals surface area contributed by atoms with Crippen LogP contribution in [0.15, 0.2) is 108 Å². The molecule has 0 radical (unpaired) electrons. The lowest BCUT2D eigenvalue weighted by Gasteiger charge is -2.29. The van der Waals surface area contributed by atoms with Gasteiger partial charge in [-0.1, -0.05) is 66.2 Å². The van der Waals surface area contributed by atoms with Crippen LogP contribution in [0.5, 0.6) is 0 Å². The van der Waals surface area contributed by atoms with Crippen LogP contribution in [0.25, 0.3) is 6.08 Å². The zero-order chi connectivity index (χ0) is 26.5. The molecule has 1 aliphatic heterocycles. The van der Waals surface area contributed by atoms with E-state index in [1.54, 1.807) is 5.06 Å². The van der Waals surface area contributed by atoms with Gasteiger partial charge in [0.25, 0.3) is 0 Å². The SMILES string of the molecule is CCN1OC/C(=C\c2ccc(N(c3ccccc3)c3ccccc3)cc2)OC1=Nc1c(C)cc(C)cc1C. The standard InChI is InChI=1S/C33H33N3O2/c1-5-35-33(34-32-25(3)20-24(2)21-26(32)4)38-31(23-37-35)22-27-16-18-30(19-17-27)36(28-12-8-6-9-13-28)29-14-10-7-11-15-29/h6-22H,5,23H2,1-4H3/b31-22+,34-33?. The van der Waals surface area contributed by atoms with Crippen LogP contribution in [0.2, 0.25) is 0 Å². The largest absolute Gasteiger partial charge is 0.426 e. The van der Waals surface area contributed by atoms with E-state index in [0.29, 0.717) is 24.9 Å². The highest BCUT2D eigenvalue weighted by atomic mass is 16.7. The summed E-state index contributed by atoms with van der Waals surface area (Å²) in [6.45, 7) is 9.25. The second kappa shape index (κ2) is 11.4. The van der Waals surface area contributed by atoms with Gasteiger partial charge in [-0.3, -0.25) is 4.84 Å². The monoisotopic (exact) mass is 503 g/mol. The van der Waals surface area contributed by atoms with E-state index in [2.05, 4.69) is 111 Å². The van der Waals surface area contributed by atoms with Crippen LogP contribution < -0.4 is 4.90 Å². The summed E-state index contributed by atoms with van der Waals surface area (Å²) < 4.78 is 6.26. The lowest BCUT2D eigenvalue weighted by Crippen LogP contribution is -2.38. The molecule has 38 heavy (non-hydrogen) atoms. The quantitative estimate of drug-likeness (QED) is 0.265. The van der Waals surface area contributed by atoms with Gasteiger partial charge in [0, 0.05) is 23.6 Å². The molecular formula is C33H33N3O2. The Labute approximate surface area is 225 Å². The second-order valence-corrected chi connectivity index (χ2v) is 9.42.